The van der Waals surface area contributed by atoms with Gasteiger partial charge in [-0.1, -0.05) is 56.2 Å². The Morgan fingerprint density at radius 1 is 0.860 bits per heavy atom. The summed E-state index contributed by atoms with van der Waals surface area (Å²) in [5.41, 5.74) is 4.69. The van der Waals surface area contributed by atoms with Gasteiger partial charge in [-0.25, -0.2) is 0 Å². The van der Waals surface area contributed by atoms with Crippen LogP contribution in [0.2, 0.25) is 0 Å². The lowest BCUT2D eigenvalue weighted by atomic mass is 9.70. The molecule has 0 amide bonds. The molecule has 0 bridgehead atoms. The fraction of sp³-hybridized carbons (Fsp3) is 0.515. The molecule has 0 saturated carbocycles. The smallest absolute Gasteiger partial charge is 0.166 e. The Bertz CT molecular complexity index is 1510. The van der Waals surface area contributed by atoms with Crippen molar-refractivity contribution in [3.63, 3.8) is 0 Å². The second kappa shape index (κ2) is 11.1. The van der Waals surface area contributed by atoms with Gasteiger partial charge in [0.25, 0.3) is 0 Å². The predicted octanol–water partition coefficient (Wildman–Crippen LogP) is 4.19. The van der Waals surface area contributed by atoms with Crippen molar-refractivity contribution >= 4 is 31.9 Å². The molecule has 4 unspecified atom stereocenters. The van der Waals surface area contributed by atoms with Gasteiger partial charge in [-0.2, -0.15) is 0 Å². The highest BCUT2D eigenvalue weighted by atomic mass is 79.9. The highest BCUT2D eigenvalue weighted by Gasteiger charge is 2.54. The average Bonchev–Trinajstić information content (AvgIpc) is 3.33. The number of aliphatic hydroxyl groups is 2. The molecule has 6 aliphatic rings. The van der Waals surface area contributed by atoms with Gasteiger partial charge in [0, 0.05) is 52.5 Å². The van der Waals surface area contributed by atoms with Crippen molar-refractivity contribution in [2.75, 3.05) is 47.4 Å². The number of nitrogens with one attached hydrogen (secondary N) is 1. The number of halogens is 2. The van der Waals surface area contributed by atoms with Crippen molar-refractivity contribution in [2.24, 2.45) is 0 Å². The Balaban J connectivity index is 0.000000140. The number of benzene rings is 2. The van der Waals surface area contributed by atoms with Crippen LogP contribution in [0.15, 0.2) is 45.4 Å². The molecule has 2 aliphatic carbocycles. The largest absolute Gasteiger partial charge is 0.493 e. The van der Waals surface area contributed by atoms with Crippen molar-refractivity contribution in [1.29, 1.82) is 0 Å². The third kappa shape index (κ3) is 4.58. The van der Waals surface area contributed by atoms with Crippen molar-refractivity contribution in [3.8, 4) is 23.0 Å². The van der Waals surface area contributed by atoms with E-state index in [1.54, 1.807) is 14.2 Å². The number of likely N-dealkylation sites (N-methyl/N-ethyl adjacent to an activating group) is 1. The monoisotopic (exact) mass is 716 g/mol. The summed E-state index contributed by atoms with van der Waals surface area (Å²) in [6.45, 7) is 3.70. The summed E-state index contributed by atoms with van der Waals surface area (Å²) >= 11 is 7.40. The zero-order valence-corrected chi connectivity index (χ0v) is 27.8. The number of nitrogens with zero attached hydrogens (tertiary/aromatic N) is 1. The molecule has 2 aromatic rings. The van der Waals surface area contributed by atoms with E-state index in [-0.39, 0.29) is 23.0 Å². The van der Waals surface area contributed by atoms with Crippen LogP contribution < -0.4 is 24.3 Å². The summed E-state index contributed by atoms with van der Waals surface area (Å²) in [5.74, 6) is 3.24. The minimum Gasteiger partial charge on any atom is -0.493 e. The van der Waals surface area contributed by atoms with E-state index in [1.807, 2.05) is 24.3 Å². The third-order valence-corrected chi connectivity index (χ3v) is 11.4. The standard InChI is InChI=1S/C17H20BrNO3.C16H18BrNO3/c1-19-6-4-11-12(18)8-13(21-2)16-15(11)17(9-19)5-3-10(20)7-14(17)22-16;1-20-12-7-11(17)10-3-5-18-8-16-4-2-9(19)6-13(16)21-15(12)14(10)16/h3,5,8,10,14,20H,4,6-7,9H2,1-2H3;2,4,7,9,13,18-19H,3,5-6,8H2,1H3/t10-,14?,17?;9-,13?,16?/m00/s1. The van der Waals surface area contributed by atoms with Gasteiger partial charge in [-0.05, 0) is 49.7 Å². The van der Waals surface area contributed by atoms with Gasteiger partial charge in [0.2, 0.25) is 0 Å². The molecule has 8 nitrogen and oxygen atoms in total. The number of ether oxygens (including phenoxy) is 4. The molecule has 2 aromatic carbocycles. The molecule has 10 heteroatoms. The summed E-state index contributed by atoms with van der Waals surface area (Å²) in [4.78, 5) is 2.35. The molecule has 230 valence electrons. The minimum absolute atomic E-state index is 0.0370. The fourth-order valence-electron chi connectivity index (χ4n) is 8.01. The van der Waals surface area contributed by atoms with Crippen LogP contribution >= 0.6 is 31.9 Å². The van der Waals surface area contributed by atoms with Crippen LogP contribution in [0.25, 0.3) is 0 Å². The molecule has 0 radical (unpaired) electrons. The lowest BCUT2D eigenvalue weighted by Crippen LogP contribution is -2.48. The number of hydrogen-bond acceptors (Lipinski definition) is 8. The average molecular weight is 718 g/mol. The first kappa shape index (κ1) is 29.6. The van der Waals surface area contributed by atoms with Gasteiger partial charge in [-0.3, -0.25) is 0 Å². The third-order valence-electron chi connectivity index (χ3n) is 10.0. The van der Waals surface area contributed by atoms with Gasteiger partial charge >= 0.3 is 0 Å². The quantitative estimate of drug-likeness (QED) is 0.399. The normalized spacial score (nSPS) is 32.9. The summed E-state index contributed by atoms with van der Waals surface area (Å²) in [6.07, 6.45) is 10.4. The Kier molecular flexibility index (Phi) is 7.62. The van der Waals surface area contributed by atoms with Gasteiger partial charge in [-0.15, -0.1) is 0 Å². The zero-order valence-electron chi connectivity index (χ0n) is 24.7. The molecule has 0 saturated heterocycles. The second-order valence-electron chi connectivity index (χ2n) is 12.5. The first-order valence-electron chi connectivity index (χ1n) is 15.0. The van der Waals surface area contributed by atoms with Crippen LogP contribution in [-0.2, 0) is 23.7 Å². The van der Waals surface area contributed by atoms with E-state index < -0.39 is 12.2 Å². The van der Waals surface area contributed by atoms with E-state index in [0.29, 0.717) is 12.8 Å². The van der Waals surface area contributed by atoms with Gasteiger partial charge in [0.15, 0.2) is 23.0 Å². The first-order valence-corrected chi connectivity index (χ1v) is 16.6. The molecule has 4 aliphatic heterocycles. The van der Waals surface area contributed by atoms with Gasteiger partial charge < -0.3 is 39.4 Å². The maximum Gasteiger partial charge on any atom is 0.166 e. The van der Waals surface area contributed by atoms with Crippen LogP contribution in [0.4, 0.5) is 0 Å². The number of methoxy groups -OCH3 is 2. The first-order chi connectivity index (χ1) is 20.7. The van der Waals surface area contributed by atoms with Crippen LogP contribution in [0.3, 0.4) is 0 Å². The second-order valence-corrected chi connectivity index (χ2v) is 14.2. The Hall–Kier alpha value is -2.08. The Labute approximate surface area is 269 Å². The van der Waals surface area contributed by atoms with E-state index in [4.69, 9.17) is 18.9 Å². The lowest BCUT2D eigenvalue weighted by Gasteiger charge is -2.37. The number of hydrogen-bond donors (Lipinski definition) is 3. The van der Waals surface area contributed by atoms with Crippen molar-refractivity contribution < 1.29 is 29.2 Å². The van der Waals surface area contributed by atoms with E-state index in [2.05, 4.69) is 61.3 Å². The Morgan fingerprint density at radius 3 is 2.00 bits per heavy atom. The van der Waals surface area contributed by atoms with E-state index in [1.165, 1.54) is 22.3 Å². The summed E-state index contributed by atoms with van der Waals surface area (Å²) in [5, 5.41) is 23.5. The van der Waals surface area contributed by atoms with Crippen LogP contribution in [0.5, 0.6) is 23.0 Å². The summed E-state index contributed by atoms with van der Waals surface area (Å²) in [7, 11) is 5.50. The van der Waals surface area contributed by atoms with Gasteiger partial charge in [0.05, 0.1) is 37.3 Å². The summed E-state index contributed by atoms with van der Waals surface area (Å²) in [6, 6.07) is 4.00. The minimum atomic E-state index is -0.434. The van der Waals surface area contributed by atoms with Gasteiger partial charge in [0.1, 0.15) is 12.2 Å². The van der Waals surface area contributed by atoms with E-state index in [0.717, 1.165) is 71.0 Å². The highest BCUT2D eigenvalue weighted by molar-refractivity contribution is 9.10. The number of rotatable bonds is 2. The van der Waals surface area contributed by atoms with Crippen LogP contribution in [0, 0.1) is 0 Å². The fourth-order valence-corrected chi connectivity index (χ4v) is 9.22. The summed E-state index contributed by atoms with van der Waals surface area (Å²) < 4.78 is 25.8. The molecule has 2 spiro atoms. The van der Waals surface area contributed by atoms with Crippen LogP contribution in [0.1, 0.15) is 35.1 Å². The highest BCUT2D eigenvalue weighted by Crippen LogP contribution is 2.57. The Morgan fingerprint density at radius 2 is 1.40 bits per heavy atom. The molecule has 3 N–H and O–H groups in total. The SMILES string of the molecule is COc1cc(Br)c2c3c1OC1C[C@@H](O)C=CC31CN(C)CC2.COc1cc(Br)c2c3c1OC1C[C@@H](O)C=CC31CNCC2. The van der Waals surface area contributed by atoms with E-state index >= 15 is 0 Å². The molecule has 43 heavy (non-hydrogen) atoms. The molecular formula is C33H38Br2N2O6. The topological polar surface area (TPSA) is 92.7 Å². The molecule has 0 fully saturated rings. The molecular weight excluding hydrogens is 680 g/mol. The molecule has 4 heterocycles. The maximum absolute atomic E-state index is 10.0. The maximum atomic E-state index is 10.0. The van der Waals surface area contributed by atoms with Crippen molar-refractivity contribution in [1.82, 2.24) is 10.2 Å². The van der Waals surface area contributed by atoms with E-state index in [9.17, 15) is 10.2 Å². The molecule has 0 aromatic heterocycles. The number of aliphatic hydroxyl groups excluding tert-OH is 2. The lowest BCUT2D eigenvalue weighted by molar-refractivity contribution is 0.0757. The zero-order chi connectivity index (χ0) is 30.1. The molecule has 8 rings (SSSR count). The molecule has 6 atom stereocenters. The van der Waals surface area contributed by atoms with Crippen molar-refractivity contribution in [3.05, 3.63) is 67.6 Å². The predicted molar refractivity (Wildman–Crippen MR) is 171 cm³/mol. The van der Waals surface area contributed by atoms with Crippen LogP contribution in [-0.4, -0.2) is 87.0 Å². The van der Waals surface area contributed by atoms with Crippen molar-refractivity contribution in [2.45, 2.75) is 60.9 Å².